The first-order valence-corrected chi connectivity index (χ1v) is 7.48. The molecule has 2 N–H and O–H groups in total. The molecule has 1 aliphatic heterocycles. The number of nitrogens with zero attached hydrogens (tertiary/aromatic N) is 1. The quantitative estimate of drug-likeness (QED) is 0.872. The van der Waals surface area contributed by atoms with Crippen molar-refractivity contribution in [1.82, 2.24) is 4.90 Å². The predicted molar refractivity (Wildman–Crippen MR) is 82.2 cm³/mol. The van der Waals surface area contributed by atoms with Crippen molar-refractivity contribution in [2.24, 2.45) is 0 Å². The van der Waals surface area contributed by atoms with E-state index in [1.165, 1.54) is 31.2 Å². The van der Waals surface area contributed by atoms with Gasteiger partial charge in [-0.15, -0.1) is 0 Å². The fraction of sp³-hybridized carbons (Fsp3) is 0.500. The predicted octanol–water partition coefficient (Wildman–Crippen LogP) is 2.48. The lowest BCUT2D eigenvalue weighted by Gasteiger charge is -2.36. The first-order valence-electron chi connectivity index (χ1n) is 7.48. The molecule has 1 aliphatic rings. The first kappa shape index (κ1) is 17.2. The van der Waals surface area contributed by atoms with Crippen molar-refractivity contribution in [1.29, 1.82) is 0 Å². The Morgan fingerprint density at radius 3 is 2.48 bits per heavy atom. The summed E-state index contributed by atoms with van der Waals surface area (Å²) in [5, 5.41) is 13.2. The minimum atomic E-state index is -1.49. The van der Waals surface area contributed by atoms with Crippen LogP contribution >= 0.6 is 0 Å². The maximum absolute atomic E-state index is 12.8. The van der Waals surface area contributed by atoms with Gasteiger partial charge in [0.05, 0.1) is 0 Å². The lowest BCUT2D eigenvalue weighted by atomic mass is 9.91. The first-order chi connectivity index (χ1) is 10.7. The summed E-state index contributed by atoms with van der Waals surface area (Å²) in [5.41, 5.74) is -2.04. The minimum absolute atomic E-state index is 0.0115. The van der Waals surface area contributed by atoms with Crippen LogP contribution in [-0.2, 0) is 9.53 Å². The molecule has 0 unspecified atom stereocenters. The molecular formula is C16H21FN2O4. The molecule has 2 amide bonds. The molecule has 1 fully saturated rings. The topological polar surface area (TPSA) is 78.9 Å². The number of carbonyl (C=O) groups is 2. The van der Waals surface area contributed by atoms with Gasteiger partial charge in [0, 0.05) is 18.7 Å². The van der Waals surface area contributed by atoms with E-state index in [4.69, 9.17) is 4.74 Å². The molecule has 1 aromatic rings. The Bertz CT molecular complexity index is 603. The minimum Gasteiger partial charge on any atom is -0.438 e. The maximum atomic E-state index is 12.8. The molecule has 6 nitrogen and oxygen atoms in total. The lowest BCUT2D eigenvalue weighted by Crippen LogP contribution is -2.55. The van der Waals surface area contributed by atoms with Gasteiger partial charge in [-0.3, -0.25) is 9.69 Å². The van der Waals surface area contributed by atoms with Crippen molar-refractivity contribution in [3.8, 4) is 0 Å². The van der Waals surface area contributed by atoms with Crippen LogP contribution in [0.1, 0.15) is 33.6 Å². The number of ether oxygens (including phenoxy) is 1. The Labute approximate surface area is 134 Å². The summed E-state index contributed by atoms with van der Waals surface area (Å²) >= 11 is 0. The highest BCUT2D eigenvalue weighted by Gasteiger charge is 2.58. The van der Waals surface area contributed by atoms with E-state index in [1.807, 2.05) is 6.92 Å². The van der Waals surface area contributed by atoms with Crippen LogP contribution in [0.5, 0.6) is 0 Å². The van der Waals surface area contributed by atoms with Crippen LogP contribution in [0, 0.1) is 5.82 Å². The number of benzene rings is 1. The van der Waals surface area contributed by atoms with E-state index < -0.39 is 23.2 Å². The smallest absolute Gasteiger partial charge is 0.412 e. The summed E-state index contributed by atoms with van der Waals surface area (Å²) < 4.78 is 18.1. The van der Waals surface area contributed by atoms with Gasteiger partial charge in [-0.1, -0.05) is 6.92 Å². The number of halogens is 1. The van der Waals surface area contributed by atoms with Crippen molar-refractivity contribution >= 4 is 17.7 Å². The molecule has 0 bridgehead atoms. The number of cyclic esters (lactones) is 1. The van der Waals surface area contributed by atoms with Gasteiger partial charge in [0.1, 0.15) is 5.82 Å². The van der Waals surface area contributed by atoms with E-state index in [1.54, 1.807) is 6.92 Å². The SMILES string of the molecule is CC[C@]1(C)OC(=O)N(CCC(=O)Nc2ccc(F)cc2)[C@@]1(C)O. The average Bonchev–Trinajstić information content (AvgIpc) is 2.65. The van der Waals surface area contributed by atoms with Gasteiger partial charge in [0.15, 0.2) is 11.3 Å². The van der Waals surface area contributed by atoms with Gasteiger partial charge >= 0.3 is 6.09 Å². The monoisotopic (exact) mass is 324 g/mol. The molecule has 1 aromatic carbocycles. The van der Waals surface area contributed by atoms with E-state index in [0.29, 0.717) is 12.1 Å². The Balaban J connectivity index is 1.96. The largest absolute Gasteiger partial charge is 0.438 e. The highest BCUT2D eigenvalue weighted by atomic mass is 19.1. The maximum Gasteiger partial charge on any atom is 0.412 e. The molecular weight excluding hydrogens is 303 g/mol. The zero-order valence-corrected chi connectivity index (χ0v) is 13.4. The number of amides is 2. The van der Waals surface area contributed by atoms with Gasteiger partial charge in [0.2, 0.25) is 5.91 Å². The number of hydrogen-bond acceptors (Lipinski definition) is 4. The van der Waals surface area contributed by atoms with Crippen molar-refractivity contribution in [3.63, 3.8) is 0 Å². The zero-order chi connectivity index (χ0) is 17.3. The summed E-state index contributed by atoms with van der Waals surface area (Å²) in [7, 11) is 0. The van der Waals surface area contributed by atoms with Crippen molar-refractivity contribution in [2.45, 2.75) is 44.9 Å². The molecule has 126 valence electrons. The highest BCUT2D eigenvalue weighted by Crippen LogP contribution is 2.39. The van der Waals surface area contributed by atoms with Gasteiger partial charge in [0.25, 0.3) is 0 Å². The van der Waals surface area contributed by atoms with Crippen LogP contribution in [0.3, 0.4) is 0 Å². The fourth-order valence-electron chi connectivity index (χ4n) is 2.49. The molecule has 1 heterocycles. The van der Waals surface area contributed by atoms with Crippen molar-refractivity contribution < 1.29 is 23.8 Å². The Morgan fingerprint density at radius 2 is 1.96 bits per heavy atom. The van der Waals surface area contributed by atoms with Crippen molar-refractivity contribution in [3.05, 3.63) is 30.1 Å². The second kappa shape index (κ2) is 6.16. The summed E-state index contributed by atoms with van der Waals surface area (Å²) in [6.45, 7) is 4.99. The molecule has 23 heavy (non-hydrogen) atoms. The summed E-state index contributed by atoms with van der Waals surface area (Å²) in [5.74, 6) is -0.733. The third kappa shape index (κ3) is 3.29. The summed E-state index contributed by atoms with van der Waals surface area (Å²) in [6, 6.07) is 5.37. The standard InChI is InChI=1S/C16H21FN2O4/c1-4-15(2)16(3,22)19(14(21)23-15)10-9-13(20)18-12-7-5-11(17)6-8-12/h5-8,22H,4,9-10H2,1-3H3,(H,18,20)/t15-,16-/m0/s1. The number of aliphatic hydroxyl groups is 1. The highest BCUT2D eigenvalue weighted by molar-refractivity contribution is 5.91. The van der Waals surface area contributed by atoms with Gasteiger partial charge in [-0.05, 0) is 44.5 Å². The van der Waals surface area contributed by atoms with Gasteiger partial charge in [-0.25, -0.2) is 9.18 Å². The Morgan fingerprint density at radius 1 is 1.35 bits per heavy atom. The van der Waals surface area contributed by atoms with Crippen LogP contribution in [-0.4, -0.2) is 39.9 Å². The van der Waals surface area contributed by atoms with E-state index in [0.717, 1.165) is 4.90 Å². The van der Waals surface area contributed by atoms with Crippen LogP contribution in [0.25, 0.3) is 0 Å². The third-order valence-corrected chi connectivity index (χ3v) is 4.43. The zero-order valence-electron chi connectivity index (χ0n) is 13.4. The molecule has 0 aliphatic carbocycles. The lowest BCUT2D eigenvalue weighted by molar-refractivity contribution is -0.139. The Kier molecular flexibility index (Phi) is 4.61. The van der Waals surface area contributed by atoms with Gasteiger partial charge in [-0.2, -0.15) is 0 Å². The van der Waals surface area contributed by atoms with E-state index in [9.17, 15) is 19.1 Å². The number of carbonyl (C=O) groups excluding carboxylic acids is 2. The molecule has 0 saturated carbocycles. The van der Waals surface area contributed by atoms with Crippen molar-refractivity contribution in [2.75, 3.05) is 11.9 Å². The number of rotatable bonds is 5. The van der Waals surface area contributed by atoms with Crippen LogP contribution < -0.4 is 5.32 Å². The number of hydrogen-bond donors (Lipinski definition) is 2. The summed E-state index contributed by atoms with van der Waals surface area (Å²) in [4.78, 5) is 25.0. The molecule has 0 spiro atoms. The fourth-order valence-corrected chi connectivity index (χ4v) is 2.49. The molecule has 0 radical (unpaired) electrons. The normalized spacial score (nSPS) is 27.0. The van der Waals surface area contributed by atoms with Crippen LogP contribution in [0.15, 0.2) is 24.3 Å². The average molecular weight is 324 g/mol. The second-order valence-electron chi connectivity index (χ2n) is 5.93. The van der Waals surface area contributed by atoms with E-state index in [2.05, 4.69) is 5.32 Å². The van der Waals surface area contributed by atoms with E-state index >= 15 is 0 Å². The van der Waals surface area contributed by atoms with E-state index in [-0.39, 0.29) is 18.9 Å². The Hall–Kier alpha value is -2.15. The molecule has 0 aromatic heterocycles. The van der Waals surface area contributed by atoms with Crippen LogP contribution in [0.2, 0.25) is 0 Å². The number of anilines is 1. The molecule has 7 heteroatoms. The molecule has 2 atom stereocenters. The molecule has 2 rings (SSSR count). The van der Waals surface area contributed by atoms with Crippen LogP contribution in [0.4, 0.5) is 14.9 Å². The second-order valence-corrected chi connectivity index (χ2v) is 5.93. The summed E-state index contributed by atoms with van der Waals surface area (Å²) in [6.07, 6.45) is -0.208. The van der Waals surface area contributed by atoms with Gasteiger partial charge < -0.3 is 15.2 Å². The number of nitrogens with one attached hydrogen (secondary N) is 1. The molecule has 1 saturated heterocycles. The third-order valence-electron chi connectivity index (χ3n) is 4.43.